The summed E-state index contributed by atoms with van der Waals surface area (Å²) in [7, 11) is 0. The number of rotatable bonds is 2. The Kier molecular flexibility index (Phi) is 5.71. The number of nitrogens with zero attached hydrogens (tertiary/aromatic N) is 4. The Morgan fingerprint density at radius 2 is 2.05 bits per heavy atom. The van der Waals surface area contributed by atoms with Gasteiger partial charge < -0.3 is 11.5 Å². The summed E-state index contributed by atoms with van der Waals surface area (Å²) >= 11 is 11.7. The molecule has 2 rings (SSSR count). The third-order valence-electron chi connectivity index (χ3n) is 1.62. The molecule has 19 heavy (non-hydrogen) atoms. The van der Waals surface area contributed by atoms with Gasteiger partial charge in [0.2, 0.25) is 0 Å². The highest BCUT2D eigenvalue weighted by Gasteiger charge is 1.98. The fraction of sp³-hybridized carbons (Fsp3) is 0. The van der Waals surface area contributed by atoms with Gasteiger partial charge in [0.1, 0.15) is 0 Å². The van der Waals surface area contributed by atoms with Crippen LogP contribution in [0.25, 0.3) is 0 Å². The van der Waals surface area contributed by atoms with Crippen molar-refractivity contribution in [2.75, 3.05) is 0 Å². The molecule has 0 saturated carbocycles. The first kappa shape index (κ1) is 14.9. The predicted octanol–water partition coefficient (Wildman–Crippen LogP) is 1.10. The van der Waals surface area contributed by atoms with E-state index < -0.39 is 0 Å². The molecule has 1 aromatic heterocycles. The second-order valence-electron chi connectivity index (χ2n) is 3.09. The van der Waals surface area contributed by atoms with Gasteiger partial charge in [-0.05, 0) is 17.3 Å². The van der Waals surface area contributed by atoms with E-state index in [0.29, 0.717) is 10.0 Å². The fourth-order valence-corrected chi connectivity index (χ4v) is 1.40. The molecule has 2 aromatic rings. The van der Waals surface area contributed by atoms with Crippen LogP contribution in [0, 0.1) is 5.41 Å². The Balaban J connectivity index is 0.000000399. The Morgan fingerprint density at radius 1 is 1.37 bits per heavy atom. The Hall–Kier alpha value is -2.19. The minimum absolute atomic E-state index is 0.251. The van der Waals surface area contributed by atoms with E-state index in [1.165, 1.54) is 0 Å². The number of aliphatic imine (C=N–C) groups is 1. The van der Waals surface area contributed by atoms with Crippen LogP contribution in [-0.4, -0.2) is 32.8 Å². The number of aromatic nitrogens is 4. The summed E-state index contributed by atoms with van der Waals surface area (Å²) in [6, 6.07) is 5.12. The topological polar surface area (TPSA) is 143 Å². The van der Waals surface area contributed by atoms with Crippen LogP contribution in [0.4, 0.5) is 5.95 Å². The van der Waals surface area contributed by atoms with Crippen molar-refractivity contribution in [2.45, 2.75) is 0 Å². The van der Waals surface area contributed by atoms with Crippen molar-refractivity contribution in [3.63, 3.8) is 0 Å². The van der Waals surface area contributed by atoms with Crippen molar-refractivity contribution < 1.29 is 0 Å². The molecule has 0 amide bonds. The minimum Gasteiger partial charge on any atom is -0.370 e. The molecule has 0 bridgehead atoms. The zero-order valence-corrected chi connectivity index (χ0v) is 11.0. The number of hydrogen-bond donors (Lipinski definition) is 4. The molecule has 1 aromatic carbocycles. The van der Waals surface area contributed by atoms with E-state index in [0.717, 1.165) is 5.56 Å². The van der Waals surface area contributed by atoms with Crippen molar-refractivity contribution in [1.82, 2.24) is 20.6 Å². The maximum atomic E-state index is 6.06. The van der Waals surface area contributed by atoms with Crippen molar-refractivity contribution in [1.29, 1.82) is 5.41 Å². The lowest BCUT2D eigenvalue weighted by atomic mass is 10.2. The summed E-state index contributed by atoms with van der Waals surface area (Å²) in [6.45, 7) is 0. The summed E-state index contributed by atoms with van der Waals surface area (Å²) in [5.41, 5.74) is 9.69. The first-order chi connectivity index (χ1) is 8.99. The average molecular weight is 301 g/mol. The molecule has 0 aliphatic heterocycles. The number of halogens is 2. The second-order valence-corrected chi connectivity index (χ2v) is 3.93. The standard InChI is InChI=1S/C8H5Cl2N5.CH5N3/c9-6-2-1-5(7(10)3-6)4-11-8-12-14-15-13-8;2-1(3)4/h1-4H,(H,12,13,14,15);(H5,2,3,4). The molecule has 6 N–H and O–H groups in total. The van der Waals surface area contributed by atoms with E-state index >= 15 is 0 Å². The third-order valence-corrected chi connectivity index (χ3v) is 2.18. The van der Waals surface area contributed by atoms with Crippen molar-refractivity contribution in [3.05, 3.63) is 33.8 Å². The van der Waals surface area contributed by atoms with Gasteiger partial charge >= 0.3 is 0 Å². The number of H-pyrrole nitrogens is 1. The fourth-order valence-electron chi connectivity index (χ4n) is 0.945. The zero-order chi connectivity index (χ0) is 14.3. The second kappa shape index (κ2) is 7.29. The normalized spacial score (nSPS) is 10.0. The molecule has 0 atom stereocenters. The summed E-state index contributed by atoms with van der Waals surface area (Å²) in [5, 5.41) is 20.1. The summed E-state index contributed by atoms with van der Waals surface area (Å²) in [6.07, 6.45) is 1.55. The quantitative estimate of drug-likeness (QED) is 0.485. The van der Waals surface area contributed by atoms with Gasteiger partial charge in [-0.25, -0.2) is 4.99 Å². The van der Waals surface area contributed by atoms with Crippen LogP contribution in [0.1, 0.15) is 5.56 Å². The smallest absolute Gasteiger partial charge is 0.288 e. The minimum atomic E-state index is -0.333. The van der Waals surface area contributed by atoms with Gasteiger partial charge in [-0.2, -0.15) is 5.21 Å². The highest BCUT2D eigenvalue weighted by atomic mass is 35.5. The van der Waals surface area contributed by atoms with Crippen molar-refractivity contribution in [2.24, 2.45) is 16.5 Å². The zero-order valence-electron chi connectivity index (χ0n) is 9.51. The van der Waals surface area contributed by atoms with Gasteiger partial charge in [0, 0.05) is 16.8 Å². The summed E-state index contributed by atoms with van der Waals surface area (Å²) in [4.78, 5) is 3.96. The first-order valence-corrected chi connectivity index (χ1v) is 5.56. The van der Waals surface area contributed by atoms with Gasteiger partial charge in [-0.1, -0.05) is 34.4 Å². The van der Waals surface area contributed by atoms with E-state index in [9.17, 15) is 0 Å². The van der Waals surface area contributed by atoms with E-state index in [1.807, 2.05) is 0 Å². The lowest BCUT2D eigenvalue weighted by molar-refractivity contribution is 0.881. The van der Waals surface area contributed by atoms with E-state index in [1.54, 1.807) is 24.4 Å². The van der Waals surface area contributed by atoms with E-state index in [2.05, 4.69) is 37.1 Å². The summed E-state index contributed by atoms with van der Waals surface area (Å²) < 4.78 is 0. The number of nitrogens with two attached hydrogens (primary N) is 2. The Morgan fingerprint density at radius 3 is 2.58 bits per heavy atom. The van der Waals surface area contributed by atoms with Gasteiger partial charge in [0.05, 0.1) is 5.02 Å². The van der Waals surface area contributed by atoms with Crippen LogP contribution in [0.5, 0.6) is 0 Å². The van der Waals surface area contributed by atoms with Crippen LogP contribution >= 0.6 is 23.2 Å². The molecule has 0 aliphatic rings. The maximum absolute atomic E-state index is 6.06. The SMILES string of the molecule is Clc1ccc(C=Nc2nn[nH]n2)c(Cl)c1.N=C(N)N. The maximum Gasteiger partial charge on any atom is 0.288 e. The molecular weight excluding hydrogens is 291 g/mol. The predicted molar refractivity (Wildman–Crippen MR) is 74.0 cm³/mol. The average Bonchev–Trinajstić information content (AvgIpc) is 2.80. The Labute approximate surface area is 118 Å². The summed E-state index contributed by atoms with van der Waals surface area (Å²) in [5.74, 6) is -0.0824. The van der Waals surface area contributed by atoms with E-state index in [-0.39, 0.29) is 11.9 Å². The molecule has 8 nitrogen and oxygen atoms in total. The molecule has 0 aliphatic carbocycles. The molecule has 0 spiro atoms. The van der Waals surface area contributed by atoms with Gasteiger partial charge in [0.25, 0.3) is 5.95 Å². The lowest BCUT2D eigenvalue weighted by Gasteiger charge is -1.96. The highest BCUT2D eigenvalue weighted by Crippen LogP contribution is 2.19. The molecule has 0 saturated heterocycles. The molecular formula is C9H10Cl2N8. The van der Waals surface area contributed by atoms with Crippen LogP contribution in [0.15, 0.2) is 23.2 Å². The monoisotopic (exact) mass is 300 g/mol. The van der Waals surface area contributed by atoms with Crippen LogP contribution in [-0.2, 0) is 0 Å². The van der Waals surface area contributed by atoms with Gasteiger partial charge in [-0.3, -0.25) is 5.41 Å². The Bertz CT molecular complexity index is 562. The molecule has 1 heterocycles. The van der Waals surface area contributed by atoms with Crippen LogP contribution < -0.4 is 11.5 Å². The third kappa shape index (κ3) is 5.80. The van der Waals surface area contributed by atoms with Gasteiger partial charge in [-0.15, -0.1) is 5.10 Å². The van der Waals surface area contributed by atoms with Crippen LogP contribution in [0.3, 0.4) is 0 Å². The molecule has 0 unspecified atom stereocenters. The van der Waals surface area contributed by atoms with Crippen molar-refractivity contribution >= 4 is 41.3 Å². The number of hydrogen-bond acceptors (Lipinski definition) is 5. The number of guanidine groups is 1. The number of tetrazole rings is 1. The first-order valence-electron chi connectivity index (χ1n) is 4.81. The van der Waals surface area contributed by atoms with Crippen LogP contribution in [0.2, 0.25) is 10.0 Å². The number of nitrogens with one attached hydrogen (secondary N) is 2. The van der Waals surface area contributed by atoms with E-state index in [4.69, 9.17) is 28.6 Å². The van der Waals surface area contributed by atoms with Gasteiger partial charge in [0.15, 0.2) is 5.96 Å². The highest BCUT2D eigenvalue weighted by molar-refractivity contribution is 6.36. The number of benzene rings is 1. The molecule has 100 valence electrons. The lowest BCUT2D eigenvalue weighted by Crippen LogP contribution is -2.20. The molecule has 0 fully saturated rings. The molecule has 10 heteroatoms. The number of aromatic amines is 1. The van der Waals surface area contributed by atoms with Crippen molar-refractivity contribution in [3.8, 4) is 0 Å². The molecule has 0 radical (unpaired) electrons. The largest absolute Gasteiger partial charge is 0.370 e.